The van der Waals surface area contributed by atoms with Crippen LogP contribution in [0.4, 0.5) is 4.39 Å². The van der Waals surface area contributed by atoms with E-state index in [0.29, 0.717) is 5.71 Å². The molecule has 0 amide bonds. The summed E-state index contributed by atoms with van der Waals surface area (Å²) in [6, 6.07) is 0. The smallest absolute Gasteiger partial charge is 0.139 e. The van der Waals surface area contributed by atoms with Gasteiger partial charge in [-0.05, 0) is 26.3 Å². The van der Waals surface area contributed by atoms with Crippen LogP contribution in [0.1, 0.15) is 20.8 Å². The molecule has 2 heteroatoms. The SMILES string of the molecule is C/C=C(/C)C(=NC)C(C)F. The lowest BCUT2D eigenvalue weighted by Gasteiger charge is -2.05. The summed E-state index contributed by atoms with van der Waals surface area (Å²) in [6.07, 6.45) is 0.902. The van der Waals surface area contributed by atoms with Gasteiger partial charge in [0.2, 0.25) is 0 Å². The van der Waals surface area contributed by atoms with Crippen molar-refractivity contribution >= 4 is 5.71 Å². The third kappa shape index (κ3) is 2.29. The molecule has 0 heterocycles. The summed E-state index contributed by atoms with van der Waals surface area (Å²) in [5, 5.41) is 0. The largest absolute Gasteiger partial charge is 0.290 e. The average Bonchev–Trinajstić information content (AvgIpc) is 1.88. The highest BCUT2D eigenvalue weighted by Gasteiger charge is 2.07. The number of hydrogen-bond acceptors (Lipinski definition) is 1. The molecule has 0 aromatic heterocycles. The molecule has 0 radical (unpaired) electrons. The van der Waals surface area contributed by atoms with Crippen LogP contribution in [-0.2, 0) is 0 Å². The second kappa shape index (κ2) is 4.20. The Labute approximate surface area is 61.7 Å². The number of rotatable bonds is 2. The van der Waals surface area contributed by atoms with Crippen LogP contribution in [0.15, 0.2) is 16.6 Å². The molecule has 0 rings (SSSR count). The first-order valence-corrected chi connectivity index (χ1v) is 3.37. The van der Waals surface area contributed by atoms with Crippen molar-refractivity contribution in [2.45, 2.75) is 26.9 Å². The van der Waals surface area contributed by atoms with E-state index in [1.165, 1.54) is 6.92 Å². The molecule has 1 unspecified atom stereocenters. The molecule has 0 aliphatic heterocycles. The van der Waals surface area contributed by atoms with Crippen LogP contribution in [0.3, 0.4) is 0 Å². The van der Waals surface area contributed by atoms with Gasteiger partial charge in [0, 0.05) is 7.05 Å². The molecule has 0 bridgehead atoms. The Hall–Kier alpha value is -0.660. The van der Waals surface area contributed by atoms with Gasteiger partial charge in [0.25, 0.3) is 0 Å². The Morgan fingerprint density at radius 1 is 1.60 bits per heavy atom. The van der Waals surface area contributed by atoms with Gasteiger partial charge in [-0.15, -0.1) is 0 Å². The minimum Gasteiger partial charge on any atom is -0.290 e. The van der Waals surface area contributed by atoms with Crippen molar-refractivity contribution in [2.75, 3.05) is 7.05 Å². The molecular weight excluding hydrogens is 129 g/mol. The van der Waals surface area contributed by atoms with Crippen LogP contribution in [0, 0.1) is 0 Å². The molecule has 0 aliphatic carbocycles. The highest BCUT2D eigenvalue weighted by atomic mass is 19.1. The van der Waals surface area contributed by atoms with Crippen molar-refractivity contribution in [1.29, 1.82) is 0 Å². The van der Waals surface area contributed by atoms with E-state index in [-0.39, 0.29) is 0 Å². The number of aliphatic imine (C=N–C) groups is 1. The van der Waals surface area contributed by atoms with Crippen molar-refractivity contribution in [3.8, 4) is 0 Å². The molecule has 58 valence electrons. The second-order valence-electron chi connectivity index (χ2n) is 2.20. The fourth-order valence-electron chi connectivity index (χ4n) is 0.816. The number of alkyl halides is 1. The third-order valence-corrected chi connectivity index (χ3v) is 1.45. The molecule has 10 heavy (non-hydrogen) atoms. The Balaban J connectivity index is 4.39. The first-order valence-electron chi connectivity index (χ1n) is 3.37. The molecule has 0 aromatic carbocycles. The van der Waals surface area contributed by atoms with Crippen LogP contribution >= 0.6 is 0 Å². The van der Waals surface area contributed by atoms with Crippen molar-refractivity contribution in [3.63, 3.8) is 0 Å². The van der Waals surface area contributed by atoms with Gasteiger partial charge in [0.05, 0.1) is 5.71 Å². The summed E-state index contributed by atoms with van der Waals surface area (Å²) < 4.78 is 12.6. The minimum atomic E-state index is -0.957. The summed E-state index contributed by atoms with van der Waals surface area (Å²) in [5.74, 6) is 0. The quantitative estimate of drug-likeness (QED) is 0.526. The Kier molecular flexibility index (Phi) is 3.93. The van der Waals surface area contributed by atoms with E-state index in [0.717, 1.165) is 5.57 Å². The topological polar surface area (TPSA) is 12.4 Å². The van der Waals surface area contributed by atoms with E-state index in [9.17, 15) is 4.39 Å². The van der Waals surface area contributed by atoms with Crippen molar-refractivity contribution in [2.24, 2.45) is 4.99 Å². The number of nitrogens with zero attached hydrogens (tertiary/aromatic N) is 1. The minimum absolute atomic E-state index is 0.544. The van der Waals surface area contributed by atoms with E-state index in [4.69, 9.17) is 0 Å². The Morgan fingerprint density at radius 2 is 2.10 bits per heavy atom. The molecule has 0 aromatic rings. The zero-order valence-electron chi connectivity index (χ0n) is 6.98. The standard InChI is InChI=1S/C8H14FN/c1-5-6(2)8(10-4)7(3)9/h5,7H,1-4H3/b6-5-,10-8?. The molecular formula is C8H14FN. The first kappa shape index (κ1) is 9.34. The maximum Gasteiger partial charge on any atom is 0.139 e. The van der Waals surface area contributed by atoms with Gasteiger partial charge in [0.15, 0.2) is 0 Å². The Bertz CT molecular complexity index is 157. The van der Waals surface area contributed by atoms with Crippen LogP contribution in [-0.4, -0.2) is 18.9 Å². The van der Waals surface area contributed by atoms with E-state index in [1.54, 1.807) is 7.05 Å². The molecule has 0 N–H and O–H groups in total. The van der Waals surface area contributed by atoms with Crippen LogP contribution in [0.2, 0.25) is 0 Å². The molecule has 0 saturated heterocycles. The molecule has 1 nitrogen and oxygen atoms in total. The maximum absolute atomic E-state index is 12.6. The summed E-state index contributed by atoms with van der Waals surface area (Å²) in [4.78, 5) is 3.83. The monoisotopic (exact) mass is 143 g/mol. The lowest BCUT2D eigenvalue weighted by atomic mass is 10.1. The van der Waals surface area contributed by atoms with Crippen molar-refractivity contribution < 1.29 is 4.39 Å². The lowest BCUT2D eigenvalue weighted by molar-refractivity contribution is 0.454. The fraction of sp³-hybridized carbons (Fsp3) is 0.625. The van der Waals surface area contributed by atoms with Gasteiger partial charge < -0.3 is 0 Å². The maximum atomic E-state index is 12.6. The molecule has 0 saturated carbocycles. The number of halogens is 1. The fourth-order valence-corrected chi connectivity index (χ4v) is 0.816. The predicted molar refractivity (Wildman–Crippen MR) is 43.4 cm³/mol. The molecule has 0 spiro atoms. The third-order valence-electron chi connectivity index (χ3n) is 1.45. The van der Waals surface area contributed by atoms with E-state index in [1.807, 2.05) is 19.9 Å². The highest BCUT2D eigenvalue weighted by molar-refractivity contribution is 6.02. The van der Waals surface area contributed by atoms with Gasteiger partial charge in [-0.25, -0.2) is 4.39 Å². The van der Waals surface area contributed by atoms with Crippen molar-refractivity contribution in [3.05, 3.63) is 11.6 Å². The van der Waals surface area contributed by atoms with Crippen LogP contribution in [0.25, 0.3) is 0 Å². The molecule has 1 atom stereocenters. The molecule has 0 fully saturated rings. The van der Waals surface area contributed by atoms with Gasteiger partial charge in [-0.2, -0.15) is 0 Å². The van der Waals surface area contributed by atoms with Crippen molar-refractivity contribution in [1.82, 2.24) is 0 Å². The van der Waals surface area contributed by atoms with Gasteiger partial charge in [-0.1, -0.05) is 6.08 Å². The lowest BCUT2D eigenvalue weighted by Crippen LogP contribution is -2.12. The summed E-state index contributed by atoms with van der Waals surface area (Å²) >= 11 is 0. The summed E-state index contributed by atoms with van der Waals surface area (Å²) in [6.45, 7) is 5.23. The predicted octanol–water partition coefficient (Wildman–Crippen LogP) is 2.38. The van der Waals surface area contributed by atoms with Gasteiger partial charge in [0.1, 0.15) is 6.17 Å². The molecule has 0 aliphatic rings. The van der Waals surface area contributed by atoms with Crippen LogP contribution in [0.5, 0.6) is 0 Å². The summed E-state index contributed by atoms with van der Waals surface area (Å²) in [5.41, 5.74) is 1.46. The van der Waals surface area contributed by atoms with E-state index < -0.39 is 6.17 Å². The van der Waals surface area contributed by atoms with E-state index in [2.05, 4.69) is 4.99 Å². The second-order valence-corrected chi connectivity index (χ2v) is 2.20. The number of hydrogen-bond donors (Lipinski definition) is 0. The van der Waals surface area contributed by atoms with E-state index >= 15 is 0 Å². The zero-order valence-corrected chi connectivity index (χ0v) is 6.98. The Morgan fingerprint density at radius 3 is 2.20 bits per heavy atom. The van der Waals surface area contributed by atoms with Gasteiger partial charge in [-0.3, -0.25) is 4.99 Å². The number of allylic oxidation sites excluding steroid dienone is 2. The zero-order chi connectivity index (χ0) is 8.15. The van der Waals surface area contributed by atoms with Gasteiger partial charge >= 0.3 is 0 Å². The summed E-state index contributed by atoms with van der Waals surface area (Å²) in [7, 11) is 1.61. The average molecular weight is 143 g/mol. The first-order chi connectivity index (χ1) is 4.63. The normalized spacial score (nSPS) is 17.3. The highest BCUT2D eigenvalue weighted by Crippen LogP contribution is 2.04. The van der Waals surface area contributed by atoms with Crippen LogP contribution < -0.4 is 0 Å².